The highest BCUT2D eigenvalue weighted by Crippen LogP contribution is 2.30. The van der Waals surface area contributed by atoms with Gasteiger partial charge < -0.3 is 4.74 Å². The summed E-state index contributed by atoms with van der Waals surface area (Å²) < 4.78 is 6.55. The maximum atomic E-state index is 8.90. The summed E-state index contributed by atoms with van der Waals surface area (Å²) in [5, 5.41) is 9.52. The Morgan fingerprint density at radius 2 is 2.00 bits per heavy atom. The first-order valence-corrected chi connectivity index (χ1v) is 6.40. The van der Waals surface area contributed by atoms with Gasteiger partial charge in [0.2, 0.25) is 0 Å². The lowest BCUT2D eigenvalue weighted by molar-refractivity contribution is 0.478. The summed E-state index contributed by atoms with van der Waals surface area (Å²) in [6.07, 6.45) is 0. The van der Waals surface area contributed by atoms with Gasteiger partial charge in [-0.15, -0.1) is 0 Å². The molecule has 0 bridgehead atoms. The van der Waals surface area contributed by atoms with E-state index in [1.165, 1.54) is 0 Å². The normalized spacial score (nSPS) is 9.89. The summed E-state index contributed by atoms with van der Waals surface area (Å²) in [6.45, 7) is 1.94. The first kappa shape index (κ1) is 12.9. The van der Waals surface area contributed by atoms with Crippen molar-refractivity contribution in [2.75, 3.05) is 0 Å². The number of rotatable bonds is 2. The Morgan fingerprint density at radius 3 is 2.72 bits per heavy atom. The number of halogens is 2. The van der Waals surface area contributed by atoms with Crippen molar-refractivity contribution in [2.45, 2.75) is 6.92 Å². The zero-order valence-electron chi connectivity index (χ0n) is 9.58. The number of nitrogens with zero attached hydrogens (tertiary/aromatic N) is 1. The molecule has 18 heavy (non-hydrogen) atoms. The molecule has 0 N–H and O–H groups in total. The van der Waals surface area contributed by atoms with Crippen molar-refractivity contribution in [2.24, 2.45) is 0 Å². The molecule has 0 aliphatic carbocycles. The van der Waals surface area contributed by atoms with Crippen LogP contribution in [0.2, 0.25) is 5.02 Å². The fourth-order valence-electron chi connectivity index (χ4n) is 1.50. The number of hydrogen-bond donors (Lipinski definition) is 0. The summed E-state index contributed by atoms with van der Waals surface area (Å²) in [5.74, 6) is 1.29. The van der Waals surface area contributed by atoms with E-state index in [1.54, 1.807) is 24.3 Å². The molecule has 0 atom stereocenters. The van der Waals surface area contributed by atoms with Gasteiger partial charge in [-0.05, 0) is 42.8 Å². The molecule has 2 aromatic rings. The molecular formula is C14H9BrClNO. The average molecular weight is 323 g/mol. The first-order chi connectivity index (χ1) is 8.58. The third-order valence-corrected chi connectivity index (χ3v) is 3.07. The van der Waals surface area contributed by atoms with Crippen LogP contribution in [0.4, 0.5) is 0 Å². The fraction of sp³-hybridized carbons (Fsp3) is 0.0714. The monoisotopic (exact) mass is 321 g/mol. The van der Waals surface area contributed by atoms with Crippen LogP contribution in [0.3, 0.4) is 0 Å². The quantitative estimate of drug-likeness (QED) is 0.773. The summed E-state index contributed by atoms with van der Waals surface area (Å²) in [4.78, 5) is 0. The molecule has 0 spiro atoms. The number of ether oxygens (including phenoxy) is 1. The zero-order valence-corrected chi connectivity index (χ0v) is 11.9. The van der Waals surface area contributed by atoms with Gasteiger partial charge in [0.1, 0.15) is 11.5 Å². The number of hydrogen-bond acceptors (Lipinski definition) is 2. The third-order valence-electron chi connectivity index (χ3n) is 2.38. The maximum absolute atomic E-state index is 8.90. The summed E-state index contributed by atoms with van der Waals surface area (Å²) >= 11 is 9.27. The predicted molar refractivity (Wildman–Crippen MR) is 75.1 cm³/mol. The Labute approximate surface area is 119 Å². The smallest absolute Gasteiger partial charge is 0.131 e. The highest BCUT2D eigenvalue weighted by Gasteiger charge is 2.05. The van der Waals surface area contributed by atoms with Crippen LogP contribution in [-0.2, 0) is 0 Å². The Kier molecular flexibility index (Phi) is 3.90. The molecule has 0 aliphatic heterocycles. The van der Waals surface area contributed by atoms with E-state index in [-0.39, 0.29) is 0 Å². The minimum Gasteiger partial charge on any atom is -0.457 e. The van der Waals surface area contributed by atoms with Gasteiger partial charge in [-0.3, -0.25) is 0 Å². The van der Waals surface area contributed by atoms with Crippen molar-refractivity contribution < 1.29 is 4.74 Å². The van der Waals surface area contributed by atoms with Crippen LogP contribution in [-0.4, -0.2) is 0 Å². The zero-order chi connectivity index (χ0) is 13.1. The largest absolute Gasteiger partial charge is 0.457 e. The molecule has 0 saturated carbocycles. The van der Waals surface area contributed by atoms with Crippen molar-refractivity contribution in [1.82, 2.24) is 0 Å². The molecule has 2 nitrogen and oxygen atoms in total. The lowest BCUT2D eigenvalue weighted by Crippen LogP contribution is -1.88. The topological polar surface area (TPSA) is 33.0 Å². The molecule has 0 unspecified atom stereocenters. The molecule has 2 aromatic carbocycles. The number of aryl methyl sites for hydroxylation is 1. The highest BCUT2D eigenvalue weighted by molar-refractivity contribution is 9.10. The summed E-state index contributed by atoms with van der Waals surface area (Å²) in [6, 6.07) is 12.8. The van der Waals surface area contributed by atoms with Crippen LogP contribution in [0, 0.1) is 18.3 Å². The fourth-order valence-corrected chi connectivity index (χ4v) is 2.13. The minimum absolute atomic E-state index is 0.541. The van der Waals surface area contributed by atoms with Crippen molar-refractivity contribution in [3.8, 4) is 17.6 Å². The Balaban J connectivity index is 2.37. The van der Waals surface area contributed by atoms with E-state index in [0.717, 1.165) is 10.0 Å². The van der Waals surface area contributed by atoms with Crippen LogP contribution in [0.15, 0.2) is 40.9 Å². The molecule has 0 saturated heterocycles. The van der Waals surface area contributed by atoms with Crippen LogP contribution < -0.4 is 4.74 Å². The standard InChI is InChI=1S/C14H9BrClNO/c1-9-2-3-12(16)7-14(9)18-13-5-10(8-17)4-11(15)6-13/h2-7H,1H3. The molecular weight excluding hydrogens is 314 g/mol. The van der Waals surface area contributed by atoms with Gasteiger partial charge in [-0.25, -0.2) is 0 Å². The minimum atomic E-state index is 0.541. The summed E-state index contributed by atoms with van der Waals surface area (Å²) in [5.41, 5.74) is 1.52. The van der Waals surface area contributed by atoms with Gasteiger partial charge in [0.15, 0.2) is 0 Å². The third kappa shape index (κ3) is 3.04. The molecule has 0 fully saturated rings. The van der Waals surface area contributed by atoms with Crippen molar-refractivity contribution >= 4 is 27.5 Å². The van der Waals surface area contributed by atoms with Crippen molar-refractivity contribution in [1.29, 1.82) is 5.26 Å². The number of benzene rings is 2. The molecule has 2 rings (SSSR count). The van der Waals surface area contributed by atoms with Crippen LogP contribution >= 0.6 is 27.5 Å². The Morgan fingerprint density at radius 1 is 1.22 bits per heavy atom. The molecule has 0 heterocycles. The van der Waals surface area contributed by atoms with E-state index in [0.29, 0.717) is 22.1 Å². The van der Waals surface area contributed by atoms with Gasteiger partial charge in [0.05, 0.1) is 11.6 Å². The lowest BCUT2D eigenvalue weighted by Gasteiger charge is -2.09. The first-order valence-electron chi connectivity index (χ1n) is 5.23. The van der Waals surface area contributed by atoms with E-state index in [2.05, 4.69) is 22.0 Å². The van der Waals surface area contributed by atoms with E-state index >= 15 is 0 Å². The molecule has 0 aliphatic rings. The molecule has 0 amide bonds. The maximum Gasteiger partial charge on any atom is 0.131 e. The highest BCUT2D eigenvalue weighted by atomic mass is 79.9. The van der Waals surface area contributed by atoms with Gasteiger partial charge in [-0.2, -0.15) is 5.26 Å². The van der Waals surface area contributed by atoms with E-state index in [9.17, 15) is 0 Å². The molecule has 0 radical (unpaired) electrons. The van der Waals surface area contributed by atoms with E-state index in [4.69, 9.17) is 21.6 Å². The molecule has 4 heteroatoms. The van der Waals surface area contributed by atoms with Gasteiger partial charge in [0.25, 0.3) is 0 Å². The molecule has 0 aromatic heterocycles. The molecule has 90 valence electrons. The van der Waals surface area contributed by atoms with Crippen molar-refractivity contribution in [3.63, 3.8) is 0 Å². The number of nitriles is 1. The van der Waals surface area contributed by atoms with Crippen LogP contribution in [0.25, 0.3) is 0 Å². The van der Waals surface area contributed by atoms with E-state index < -0.39 is 0 Å². The predicted octanol–water partition coefficient (Wildman–Crippen LogP) is 5.07. The van der Waals surface area contributed by atoms with Gasteiger partial charge >= 0.3 is 0 Å². The summed E-state index contributed by atoms with van der Waals surface area (Å²) in [7, 11) is 0. The van der Waals surface area contributed by atoms with E-state index in [1.807, 2.05) is 19.1 Å². The SMILES string of the molecule is Cc1ccc(Cl)cc1Oc1cc(Br)cc(C#N)c1. The Bertz CT molecular complexity index is 634. The Hall–Kier alpha value is -1.50. The van der Waals surface area contributed by atoms with Crippen LogP contribution in [0.5, 0.6) is 11.5 Å². The second-order valence-corrected chi connectivity index (χ2v) is 5.15. The second-order valence-electron chi connectivity index (χ2n) is 3.80. The van der Waals surface area contributed by atoms with Crippen molar-refractivity contribution in [3.05, 3.63) is 57.0 Å². The lowest BCUT2D eigenvalue weighted by atomic mass is 10.2. The van der Waals surface area contributed by atoms with Crippen LogP contribution in [0.1, 0.15) is 11.1 Å². The second kappa shape index (κ2) is 5.43. The van der Waals surface area contributed by atoms with Gasteiger partial charge in [0, 0.05) is 9.50 Å². The van der Waals surface area contributed by atoms with Gasteiger partial charge in [-0.1, -0.05) is 33.6 Å². The average Bonchev–Trinajstić information content (AvgIpc) is 2.33.